The van der Waals surface area contributed by atoms with Gasteiger partial charge < -0.3 is 24.4 Å². The highest BCUT2D eigenvalue weighted by Crippen LogP contribution is 2.65. The summed E-state index contributed by atoms with van der Waals surface area (Å²) in [6.45, 7) is 12.7. The van der Waals surface area contributed by atoms with Crippen molar-refractivity contribution in [3.8, 4) is 0 Å². The Bertz CT molecular complexity index is 916. The molecule has 1 spiro atoms. The highest BCUT2D eigenvalue weighted by Gasteiger charge is 2.80. The molecule has 0 radical (unpaired) electrons. The maximum absolute atomic E-state index is 14.5. The van der Waals surface area contributed by atoms with E-state index in [1.54, 1.807) is 17.1 Å². The molecule has 1 aliphatic carbocycles. The number of nitrogens with zero attached hydrogens (tertiary/aromatic N) is 2. The van der Waals surface area contributed by atoms with Crippen molar-refractivity contribution in [2.75, 3.05) is 26.3 Å². The topological polar surface area (TPSA) is 96.4 Å². The van der Waals surface area contributed by atoms with E-state index in [0.717, 1.165) is 32.1 Å². The molecule has 8 heteroatoms. The Morgan fingerprint density at radius 2 is 1.92 bits per heavy atom. The molecule has 3 heterocycles. The van der Waals surface area contributed by atoms with Gasteiger partial charge in [-0.05, 0) is 57.8 Å². The summed E-state index contributed by atoms with van der Waals surface area (Å²) >= 11 is 0. The fourth-order valence-electron chi connectivity index (χ4n) is 7.63. The molecule has 2 bridgehead atoms. The van der Waals surface area contributed by atoms with Crippen LogP contribution in [0.2, 0.25) is 0 Å². The van der Waals surface area contributed by atoms with Crippen LogP contribution >= 0.6 is 0 Å². The first-order valence-corrected chi connectivity index (χ1v) is 14.6. The number of unbranched alkanes of at least 4 members (excludes halogenated alkanes) is 2. The molecule has 1 N–H and O–H groups in total. The van der Waals surface area contributed by atoms with E-state index in [-0.39, 0.29) is 37.0 Å². The maximum atomic E-state index is 14.5. The van der Waals surface area contributed by atoms with Crippen LogP contribution in [0.1, 0.15) is 78.1 Å². The molecule has 3 aliphatic heterocycles. The SMILES string of the molecule is C=CCCOC(=O)[C@@H]1[C@H]2C(=O)N(CCCCCO)C(C(=O)N(CC=C)C3CCCCC3)C23CC(C)[C@@]1(C)O3. The lowest BCUT2D eigenvalue weighted by molar-refractivity contribution is -0.162. The molecule has 212 valence electrons. The van der Waals surface area contributed by atoms with Gasteiger partial charge in [0, 0.05) is 25.7 Å². The van der Waals surface area contributed by atoms with E-state index in [0.29, 0.717) is 38.8 Å². The molecule has 4 aliphatic rings. The lowest BCUT2D eigenvalue weighted by Crippen LogP contribution is -2.58. The summed E-state index contributed by atoms with van der Waals surface area (Å²) in [7, 11) is 0. The van der Waals surface area contributed by atoms with Gasteiger partial charge in [0.1, 0.15) is 17.6 Å². The molecule has 3 saturated heterocycles. The van der Waals surface area contributed by atoms with E-state index >= 15 is 0 Å². The Morgan fingerprint density at radius 3 is 2.58 bits per heavy atom. The third kappa shape index (κ3) is 4.83. The third-order valence-corrected chi connectivity index (χ3v) is 9.55. The van der Waals surface area contributed by atoms with Crippen LogP contribution in [0.25, 0.3) is 0 Å². The monoisotopic (exact) mass is 530 g/mol. The Hall–Kier alpha value is -2.19. The van der Waals surface area contributed by atoms with Gasteiger partial charge in [-0.3, -0.25) is 14.4 Å². The number of carbonyl (C=O) groups is 3. The zero-order valence-corrected chi connectivity index (χ0v) is 23.2. The van der Waals surface area contributed by atoms with Gasteiger partial charge in [0.2, 0.25) is 11.8 Å². The first-order chi connectivity index (χ1) is 18.3. The van der Waals surface area contributed by atoms with Crippen molar-refractivity contribution < 1.29 is 29.0 Å². The van der Waals surface area contributed by atoms with Crippen LogP contribution in [0, 0.1) is 17.8 Å². The normalized spacial score (nSPS) is 34.3. The lowest BCUT2D eigenvalue weighted by Gasteiger charge is -2.41. The summed E-state index contributed by atoms with van der Waals surface area (Å²) in [4.78, 5) is 45.8. The molecular weight excluding hydrogens is 484 g/mol. The van der Waals surface area contributed by atoms with Gasteiger partial charge in [0.15, 0.2) is 0 Å². The lowest BCUT2D eigenvalue weighted by atomic mass is 9.62. The van der Waals surface area contributed by atoms with E-state index in [1.807, 2.05) is 18.7 Å². The van der Waals surface area contributed by atoms with E-state index in [1.165, 1.54) is 6.42 Å². The van der Waals surface area contributed by atoms with Crippen molar-refractivity contribution in [3.05, 3.63) is 25.3 Å². The first kappa shape index (κ1) is 28.8. The average Bonchev–Trinajstić information content (AvgIpc) is 3.42. The summed E-state index contributed by atoms with van der Waals surface area (Å²) in [6.07, 6.45) is 11.8. The highest BCUT2D eigenvalue weighted by molar-refractivity contribution is 5.98. The number of fused-ring (bicyclic) bond motifs is 1. The van der Waals surface area contributed by atoms with Crippen molar-refractivity contribution in [1.82, 2.24) is 9.80 Å². The molecular formula is C30H46N2O6. The van der Waals surface area contributed by atoms with Crippen molar-refractivity contribution >= 4 is 17.8 Å². The summed E-state index contributed by atoms with van der Waals surface area (Å²) in [6, 6.07) is -0.673. The predicted octanol–water partition coefficient (Wildman–Crippen LogP) is 3.63. The second kappa shape index (κ2) is 11.9. The molecule has 3 unspecified atom stereocenters. The van der Waals surface area contributed by atoms with E-state index in [2.05, 4.69) is 13.2 Å². The molecule has 38 heavy (non-hydrogen) atoms. The van der Waals surface area contributed by atoms with Gasteiger partial charge in [0.05, 0.1) is 18.1 Å². The van der Waals surface area contributed by atoms with Crippen molar-refractivity contribution in [3.63, 3.8) is 0 Å². The quantitative estimate of drug-likeness (QED) is 0.222. The largest absolute Gasteiger partial charge is 0.465 e. The number of aliphatic hydroxyl groups is 1. The predicted molar refractivity (Wildman–Crippen MR) is 144 cm³/mol. The van der Waals surface area contributed by atoms with Gasteiger partial charge in [-0.25, -0.2) is 0 Å². The fourth-order valence-corrected chi connectivity index (χ4v) is 7.63. The second-order valence-corrected chi connectivity index (χ2v) is 11.8. The Labute approximate surface area is 227 Å². The van der Waals surface area contributed by atoms with Crippen LogP contribution in [0.3, 0.4) is 0 Å². The number of hydrogen-bond donors (Lipinski definition) is 1. The van der Waals surface area contributed by atoms with Crippen molar-refractivity contribution in [1.29, 1.82) is 0 Å². The molecule has 0 aromatic rings. The minimum absolute atomic E-state index is 0.0179. The Kier molecular flexibility index (Phi) is 9.03. The van der Waals surface area contributed by atoms with Crippen molar-refractivity contribution in [2.45, 2.75) is 101 Å². The number of hydrogen-bond acceptors (Lipinski definition) is 6. The summed E-state index contributed by atoms with van der Waals surface area (Å²) in [5, 5.41) is 9.26. The molecule has 6 atom stereocenters. The van der Waals surface area contributed by atoms with E-state index in [4.69, 9.17) is 9.47 Å². The Balaban J connectivity index is 1.71. The van der Waals surface area contributed by atoms with E-state index < -0.39 is 35.0 Å². The maximum Gasteiger partial charge on any atom is 0.312 e. The zero-order chi connectivity index (χ0) is 27.5. The van der Waals surface area contributed by atoms with Crippen LogP contribution in [0.15, 0.2) is 25.3 Å². The number of likely N-dealkylation sites (tertiary alicyclic amines) is 1. The van der Waals surface area contributed by atoms with Gasteiger partial charge in [-0.15, -0.1) is 13.2 Å². The first-order valence-electron chi connectivity index (χ1n) is 14.6. The molecule has 8 nitrogen and oxygen atoms in total. The average molecular weight is 531 g/mol. The number of carbonyl (C=O) groups excluding carboxylic acids is 3. The van der Waals surface area contributed by atoms with Crippen LogP contribution in [0.5, 0.6) is 0 Å². The highest BCUT2D eigenvalue weighted by atomic mass is 16.6. The van der Waals surface area contributed by atoms with E-state index in [9.17, 15) is 19.5 Å². The molecule has 2 amide bonds. The van der Waals surface area contributed by atoms with Gasteiger partial charge in [-0.1, -0.05) is 38.3 Å². The minimum atomic E-state index is -1.06. The molecule has 4 fully saturated rings. The van der Waals surface area contributed by atoms with Crippen LogP contribution in [-0.4, -0.2) is 82.3 Å². The Morgan fingerprint density at radius 1 is 1.18 bits per heavy atom. The number of aliphatic hydroxyl groups excluding tert-OH is 1. The van der Waals surface area contributed by atoms with Crippen molar-refractivity contribution in [2.24, 2.45) is 17.8 Å². The fraction of sp³-hybridized carbons (Fsp3) is 0.767. The third-order valence-electron chi connectivity index (χ3n) is 9.55. The summed E-state index contributed by atoms with van der Waals surface area (Å²) < 4.78 is 12.4. The summed E-state index contributed by atoms with van der Waals surface area (Å²) in [5.74, 6) is -2.23. The van der Waals surface area contributed by atoms with Crippen LogP contribution < -0.4 is 0 Å². The van der Waals surface area contributed by atoms with Gasteiger partial charge in [0.25, 0.3) is 0 Å². The summed E-state index contributed by atoms with van der Waals surface area (Å²) in [5.41, 5.74) is -1.93. The molecule has 1 saturated carbocycles. The molecule has 4 rings (SSSR count). The van der Waals surface area contributed by atoms with Crippen LogP contribution in [0.4, 0.5) is 0 Å². The smallest absolute Gasteiger partial charge is 0.312 e. The molecule has 0 aromatic carbocycles. The van der Waals surface area contributed by atoms with Gasteiger partial charge >= 0.3 is 5.97 Å². The number of esters is 1. The number of amides is 2. The second-order valence-electron chi connectivity index (χ2n) is 11.8. The number of ether oxygens (including phenoxy) is 2. The minimum Gasteiger partial charge on any atom is -0.465 e. The zero-order valence-electron chi connectivity index (χ0n) is 23.2. The van der Waals surface area contributed by atoms with Gasteiger partial charge in [-0.2, -0.15) is 0 Å². The molecule has 0 aromatic heterocycles. The standard InChI is InChI=1S/C30H46N2O6/c1-5-7-19-37-28(36)24-23-26(34)32(17-12-9-13-18-33)25(30(23)20-21(3)29(24,4)38-30)27(35)31(16-6-2)22-14-10-8-11-15-22/h5-6,21-25,33H,1-2,7-20H2,3-4H3/t21?,23-,24-,25?,29+,30?/m0/s1. The van der Waals surface area contributed by atoms with Crippen LogP contribution in [-0.2, 0) is 23.9 Å². The number of rotatable bonds is 13.